The van der Waals surface area contributed by atoms with E-state index in [-0.39, 0.29) is 5.97 Å². The van der Waals surface area contributed by atoms with Crippen LogP contribution >= 0.6 is 0 Å². The summed E-state index contributed by atoms with van der Waals surface area (Å²) in [7, 11) is 1.41. The second kappa shape index (κ2) is 6.97. The lowest BCUT2D eigenvalue weighted by atomic mass is 9.74. The minimum Gasteiger partial charge on any atom is -0.465 e. The Morgan fingerprint density at radius 3 is 2.48 bits per heavy atom. The van der Waals surface area contributed by atoms with Gasteiger partial charge in [0.25, 0.3) is 0 Å². The van der Waals surface area contributed by atoms with Gasteiger partial charge in [-0.2, -0.15) is 0 Å². The lowest BCUT2D eigenvalue weighted by molar-refractivity contribution is 0.0601. The van der Waals surface area contributed by atoms with Gasteiger partial charge in [0.2, 0.25) is 0 Å². The van der Waals surface area contributed by atoms with Crippen molar-refractivity contribution in [2.75, 3.05) is 12.4 Å². The summed E-state index contributed by atoms with van der Waals surface area (Å²) in [5.74, 6) is 1.92. The number of hydrogen-bond donors (Lipinski definition) is 1. The van der Waals surface area contributed by atoms with Crippen LogP contribution < -0.4 is 5.32 Å². The fraction of sp³-hybridized carbons (Fsp3) is 0.611. The molecule has 21 heavy (non-hydrogen) atoms. The Bertz CT molecular complexity index is 467. The molecule has 3 atom stereocenters. The van der Waals surface area contributed by atoms with E-state index in [1.54, 1.807) is 0 Å². The number of methoxy groups -OCH3 is 1. The van der Waals surface area contributed by atoms with Crippen LogP contribution in [0.15, 0.2) is 24.3 Å². The van der Waals surface area contributed by atoms with Crippen LogP contribution in [0, 0.1) is 17.8 Å². The standard InChI is InChI=1S/C18H27NO2/c1-12(2)16-10-5-13(3)11-17(16)19-15-8-6-14(7-9-15)18(20)21-4/h6-9,12-13,16-17,19H,5,10-11H2,1-4H3. The van der Waals surface area contributed by atoms with Crippen LogP contribution in [0.1, 0.15) is 50.4 Å². The number of ether oxygens (including phenoxy) is 1. The van der Waals surface area contributed by atoms with Crippen molar-refractivity contribution in [2.45, 2.75) is 46.1 Å². The average Bonchev–Trinajstić information content (AvgIpc) is 2.47. The molecule has 0 bridgehead atoms. The van der Waals surface area contributed by atoms with Crippen LogP contribution in [0.25, 0.3) is 0 Å². The van der Waals surface area contributed by atoms with Crippen molar-refractivity contribution in [3.8, 4) is 0 Å². The van der Waals surface area contributed by atoms with Gasteiger partial charge in [-0.3, -0.25) is 0 Å². The Morgan fingerprint density at radius 2 is 1.90 bits per heavy atom. The lowest BCUT2D eigenvalue weighted by Crippen LogP contribution is -2.37. The zero-order chi connectivity index (χ0) is 15.4. The van der Waals surface area contributed by atoms with Crippen LogP contribution in [0.5, 0.6) is 0 Å². The number of rotatable bonds is 4. The highest BCUT2D eigenvalue weighted by molar-refractivity contribution is 5.89. The molecule has 3 heteroatoms. The molecule has 0 heterocycles. The van der Waals surface area contributed by atoms with Crippen LogP contribution in [-0.2, 0) is 4.74 Å². The first kappa shape index (κ1) is 15.9. The molecule has 116 valence electrons. The summed E-state index contributed by atoms with van der Waals surface area (Å²) in [5.41, 5.74) is 1.69. The van der Waals surface area contributed by atoms with E-state index in [9.17, 15) is 4.79 Å². The molecule has 1 fully saturated rings. The van der Waals surface area contributed by atoms with Crippen molar-refractivity contribution in [1.29, 1.82) is 0 Å². The van der Waals surface area contributed by atoms with E-state index in [0.717, 1.165) is 17.5 Å². The highest BCUT2D eigenvalue weighted by Gasteiger charge is 2.30. The molecule has 1 aliphatic rings. The van der Waals surface area contributed by atoms with Gasteiger partial charge in [-0.05, 0) is 54.9 Å². The first-order valence-electron chi connectivity index (χ1n) is 7.96. The normalized spacial score (nSPS) is 25.7. The van der Waals surface area contributed by atoms with Gasteiger partial charge in [0.1, 0.15) is 0 Å². The number of carbonyl (C=O) groups excluding carboxylic acids is 1. The highest BCUT2D eigenvalue weighted by Crippen LogP contribution is 2.35. The summed E-state index contributed by atoms with van der Waals surface area (Å²) < 4.78 is 4.73. The van der Waals surface area contributed by atoms with Gasteiger partial charge in [0, 0.05) is 11.7 Å². The second-order valence-corrected chi connectivity index (χ2v) is 6.65. The van der Waals surface area contributed by atoms with E-state index in [2.05, 4.69) is 26.1 Å². The Morgan fingerprint density at radius 1 is 1.24 bits per heavy atom. The third-order valence-electron chi connectivity index (χ3n) is 4.68. The molecular weight excluding hydrogens is 262 g/mol. The molecule has 1 saturated carbocycles. The fourth-order valence-corrected chi connectivity index (χ4v) is 3.40. The molecule has 1 aromatic rings. The first-order valence-corrected chi connectivity index (χ1v) is 7.96. The zero-order valence-corrected chi connectivity index (χ0v) is 13.6. The molecule has 1 aromatic carbocycles. The van der Waals surface area contributed by atoms with Gasteiger partial charge < -0.3 is 10.1 Å². The molecule has 0 spiro atoms. The quantitative estimate of drug-likeness (QED) is 0.838. The molecule has 1 aliphatic carbocycles. The number of hydrogen-bond acceptors (Lipinski definition) is 3. The minimum absolute atomic E-state index is 0.284. The summed E-state index contributed by atoms with van der Waals surface area (Å²) >= 11 is 0. The number of esters is 1. The number of carbonyl (C=O) groups is 1. The maximum atomic E-state index is 11.5. The highest BCUT2D eigenvalue weighted by atomic mass is 16.5. The van der Waals surface area contributed by atoms with Crippen LogP contribution in [0.3, 0.4) is 0 Å². The van der Waals surface area contributed by atoms with E-state index in [1.807, 2.05) is 24.3 Å². The first-order chi connectivity index (χ1) is 10.0. The lowest BCUT2D eigenvalue weighted by Gasteiger charge is -2.38. The topological polar surface area (TPSA) is 38.3 Å². The van der Waals surface area contributed by atoms with Crippen molar-refractivity contribution in [3.05, 3.63) is 29.8 Å². The van der Waals surface area contributed by atoms with E-state index in [0.29, 0.717) is 17.5 Å². The van der Waals surface area contributed by atoms with E-state index in [1.165, 1.54) is 26.4 Å². The molecule has 0 saturated heterocycles. The van der Waals surface area contributed by atoms with Gasteiger partial charge >= 0.3 is 5.97 Å². The Kier molecular flexibility index (Phi) is 5.27. The zero-order valence-electron chi connectivity index (χ0n) is 13.6. The molecule has 2 rings (SSSR count). The summed E-state index contributed by atoms with van der Waals surface area (Å²) in [6.07, 6.45) is 3.86. The maximum absolute atomic E-state index is 11.5. The number of benzene rings is 1. The maximum Gasteiger partial charge on any atom is 0.337 e. The average molecular weight is 289 g/mol. The van der Waals surface area contributed by atoms with Gasteiger partial charge in [0.15, 0.2) is 0 Å². The van der Waals surface area contributed by atoms with E-state index < -0.39 is 0 Å². The van der Waals surface area contributed by atoms with Crippen molar-refractivity contribution >= 4 is 11.7 Å². The van der Waals surface area contributed by atoms with E-state index >= 15 is 0 Å². The molecular formula is C18H27NO2. The largest absolute Gasteiger partial charge is 0.465 e. The van der Waals surface area contributed by atoms with Crippen molar-refractivity contribution in [3.63, 3.8) is 0 Å². The third-order valence-corrected chi connectivity index (χ3v) is 4.68. The summed E-state index contributed by atoms with van der Waals surface area (Å²) in [6, 6.07) is 8.12. The Hall–Kier alpha value is -1.51. The summed E-state index contributed by atoms with van der Waals surface area (Å²) in [5, 5.41) is 3.67. The van der Waals surface area contributed by atoms with Crippen molar-refractivity contribution in [1.82, 2.24) is 0 Å². The predicted molar refractivity (Wildman–Crippen MR) is 86.5 cm³/mol. The molecule has 1 N–H and O–H groups in total. The minimum atomic E-state index is -0.284. The smallest absolute Gasteiger partial charge is 0.337 e. The van der Waals surface area contributed by atoms with Crippen LogP contribution in [-0.4, -0.2) is 19.1 Å². The van der Waals surface area contributed by atoms with Crippen LogP contribution in [0.2, 0.25) is 0 Å². The number of anilines is 1. The molecule has 3 nitrogen and oxygen atoms in total. The molecule has 0 aromatic heterocycles. The monoisotopic (exact) mass is 289 g/mol. The van der Waals surface area contributed by atoms with Crippen molar-refractivity contribution in [2.24, 2.45) is 17.8 Å². The molecule has 0 amide bonds. The van der Waals surface area contributed by atoms with Gasteiger partial charge in [-0.25, -0.2) is 4.79 Å². The van der Waals surface area contributed by atoms with Crippen LogP contribution in [0.4, 0.5) is 5.69 Å². The summed E-state index contributed by atoms with van der Waals surface area (Å²) in [6.45, 7) is 6.97. The second-order valence-electron chi connectivity index (χ2n) is 6.65. The van der Waals surface area contributed by atoms with Gasteiger partial charge in [-0.15, -0.1) is 0 Å². The third kappa shape index (κ3) is 3.99. The van der Waals surface area contributed by atoms with E-state index in [4.69, 9.17) is 4.74 Å². The molecule has 0 aliphatic heterocycles. The van der Waals surface area contributed by atoms with Gasteiger partial charge in [-0.1, -0.05) is 27.2 Å². The molecule has 0 radical (unpaired) electrons. The fourth-order valence-electron chi connectivity index (χ4n) is 3.40. The Labute approximate surface area is 128 Å². The number of nitrogens with one attached hydrogen (secondary N) is 1. The summed E-state index contributed by atoms with van der Waals surface area (Å²) in [4.78, 5) is 11.5. The SMILES string of the molecule is COC(=O)c1ccc(NC2CC(C)CCC2C(C)C)cc1. The van der Waals surface area contributed by atoms with Gasteiger partial charge in [0.05, 0.1) is 12.7 Å². The molecule has 3 unspecified atom stereocenters. The Balaban J connectivity index is 2.06. The predicted octanol–water partition coefficient (Wildman–Crippen LogP) is 4.35. The van der Waals surface area contributed by atoms with Crippen molar-refractivity contribution < 1.29 is 9.53 Å².